The van der Waals surface area contributed by atoms with Gasteiger partial charge < -0.3 is 10.2 Å². The van der Waals surface area contributed by atoms with Crippen LogP contribution in [0.5, 0.6) is 0 Å². The molecule has 0 aliphatic rings. The van der Waals surface area contributed by atoms with Crippen molar-refractivity contribution in [3.8, 4) is 0 Å². The highest BCUT2D eigenvalue weighted by Crippen LogP contribution is 2.21. The highest BCUT2D eigenvalue weighted by Gasteiger charge is 2.10. The van der Waals surface area contributed by atoms with E-state index in [0.717, 1.165) is 28.9 Å². The first kappa shape index (κ1) is 13.7. The van der Waals surface area contributed by atoms with Crippen LogP contribution < -0.4 is 10.2 Å². The van der Waals surface area contributed by atoms with Gasteiger partial charge in [-0.15, -0.1) is 10.2 Å². The van der Waals surface area contributed by atoms with Gasteiger partial charge in [-0.25, -0.2) is 4.39 Å². The van der Waals surface area contributed by atoms with Crippen LogP contribution in [-0.4, -0.2) is 23.3 Å². The van der Waals surface area contributed by atoms with Crippen LogP contribution >= 0.6 is 11.3 Å². The summed E-state index contributed by atoms with van der Waals surface area (Å²) in [5.41, 5.74) is 0.864. The zero-order chi connectivity index (χ0) is 13.7. The summed E-state index contributed by atoms with van der Waals surface area (Å²) in [6, 6.07) is 6.61. The van der Waals surface area contributed by atoms with Gasteiger partial charge in [0, 0.05) is 18.8 Å². The standard InChI is InChI=1S/C13H17FN4S/c1-3-15-13-17-16-12(19-13)9-18(4-2)11-7-5-6-10(14)8-11/h5-8H,3-4,9H2,1-2H3,(H,15,17). The van der Waals surface area contributed by atoms with Gasteiger partial charge in [-0.1, -0.05) is 17.4 Å². The largest absolute Gasteiger partial charge is 0.365 e. The Kier molecular flexibility index (Phi) is 4.68. The van der Waals surface area contributed by atoms with E-state index in [4.69, 9.17) is 0 Å². The molecule has 2 aromatic rings. The van der Waals surface area contributed by atoms with Crippen LogP contribution in [0.1, 0.15) is 18.9 Å². The van der Waals surface area contributed by atoms with Gasteiger partial charge in [-0.2, -0.15) is 0 Å². The number of benzene rings is 1. The number of hydrogen-bond donors (Lipinski definition) is 1. The van der Waals surface area contributed by atoms with Gasteiger partial charge in [-0.3, -0.25) is 0 Å². The van der Waals surface area contributed by atoms with E-state index in [9.17, 15) is 4.39 Å². The van der Waals surface area contributed by atoms with E-state index in [2.05, 4.69) is 20.4 Å². The molecule has 102 valence electrons. The Labute approximate surface area is 116 Å². The van der Waals surface area contributed by atoms with E-state index in [-0.39, 0.29) is 5.82 Å². The van der Waals surface area contributed by atoms with Crippen molar-refractivity contribution in [2.45, 2.75) is 20.4 Å². The summed E-state index contributed by atoms with van der Waals surface area (Å²) >= 11 is 1.53. The summed E-state index contributed by atoms with van der Waals surface area (Å²) in [6.07, 6.45) is 0. The SMILES string of the molecule is CCNc1nnc(CN(CC)c2cccc(F)c2)s1. The van der Waals surface area contributed by atoms with Crippen molar-refractivity contribution in [1.82, 2.24) is 10.2 Å². The molecule has 19 heavy (non-hydrogen) atoms. The number of nitrogens with zero attached hydrogens (tertiary/aromatic N) is 3. The molecule has 0 spiro atoms. The average Bonchev–Trinajstić information content (AvgIpc) is 2.84. The molecule has 0 saturated heterocycles. The highest BCUT2D eigenvalue weighted by atomic mass is 32.1. The maximum absolute atomic E-state index is 13.2. The first-order valence-electron chi connectivity index (χ1n) is 6.29. The Hall–Kier alpha value is -1.69. The van der Waals surface area contributed by atoms with E-state index in [0.29, 0.717) is 6.54 Å². The molecule has 0 aliphatic carbocycles. The molecule has 0 bridgehead atoms. The number of halogens is 1. The zero-order valence-electron chi connectivity index (χ0n) is 11.1. The summed E-state index contributed by atoms with van der Waals surface area (Å²) in [6.45, 7) is 6.32. The van der Waals surface area contributed by atoms with Crippen molar-refractivity contribution < 1.29 is 4.39 Å². The molecule has 0 saturated carbocycles. The van der Waals surface area contributed by atoms with Crippen LogP contribution in [0.15, 0.2) is 24.3 Å². The monoisotopic (exact) mass is 280 g/mol. The summed E-state index contributed by atoms with van der Waals surface area (Å²) in [5.74, 6) is -0.221. The van der Waals surface area contributed by atoms with Crippen molar-refractivity contribution in [2.75, 3.05) is 23.3 Å². The van der Waals surface area contributed by atoms with Gasteiger partial charge in [0.2, 0.25) is 5.13 Å². The molecule has 1 heterocycles. The number of nitrogens with one attached hydrogen (secondary N) is 1. The molecule has 0 atom stereocenters. The van der Waals surface area contributed by atoms with E-state index in [1.807, 2.05) is 19.9 Å². The minimum Gasteiger partial charge on any atom is -0.365 e. The molecule has 1 aromatic carbocycles. The van der Waals surface area contributed by atoms with E-state index < -0.39 is 0 Å². The Morgan fingerprint density at radius 3 is 2.84 bits per heavy atom. The lowest BCUT2D eigenvalue weighted by molar-refractivity contribution is 0.626. The van der Waals surface area contributed by atoms with Crippen LogP contribution in [0.2, 0.25) is 0 Å². The van der Waals surface area contributed by atoms with E-state index in [1.165, 1.54) is 23.5 Å². The lowest BCUT2D eigenvalue weighted by atomic mass is 10.3. The molecule has 0 aliphatic heterocycles. The molecule has 1 N–H and O–H groups in total. The molecule has 0 radical (unpaired) electrons. The fourth-order valence-corrected chi connectivity index (χ4v) is 2.59. The third-order valence-corrected chi connectivity index (χ3v) is 3.54. The van der Waals surface area contributed by atoms with Gasteiger partial charge in [0.15, 0.2) is 0 Å². The summed E-state index contributed by atoms with van der Waals surface area (Å²) < 4.78 is 13.2. The van der Waals surface area contributed by atoms with Crippen molar-refractivity contribution in [3.63, 3.8) is 0 Å². The molecule has 0 fully saturated rings. The summed E-state index contributed by atoms with van der Waals surface area (Å²) in [7, 11) is 0. The van der Waals surface area contributed by atoms with Crippen molar-refractivity contribution >= 4 is 22.2 Å². The van der Waals surface area contributed by atoms with Crippen LogP contribution in [0, 0.1) is 5.82 Å². The molecular weight excluding hydrogens is 263 g/mol. The lowest BCUT2D eigenvalue weighted by Gasteiger charge is -2.21. The predicted octanol–water partition coefficient (Wildman–Crippen LogP) is 3.14. The molecule has 0 amide bonds. The first-order chi connectivity index (χ1) is 9.22. The smallest absolute Gasteiger partial charge is 0.205 e. The minimum atomic E-state index is -0.221. The second-order valence-electron chi connectivity index (χ2n) is 4.03. The fraction of sp³-hybridized carbons (Fsp3) is 0.385. The normalized spacial score (nSPS) is 10.5. The number of hydrogen-bond acceptors (Lipinski definition) is 5. The third kappa shape index (κ3) is 3.64. The summed E-state index contributed by atoms with van der Waals surface area (Å²) in [4.78, 5) is 2.07. The maximum atomic E-state index is 13.2. The number of aromatic nitrogens is 2. The molecule has 4 nitrogen and oxygen atoms in total. The second kappa shape index (κ2) is 6.47. The Bertz CT molecular complexity index is 529. The Morgan fingerprint density at radius 1 is 1.32 bits per heavy atom. The number of anilines is 2. The van der Waals surface area contributed by atoms with Gasteiger partial charge in [-0.05, 0) is 32.0 Å². The maximum Gasteiger partial charge on any atom is 0.205 e. The van der Waals surface area contributed by atoms with Gasteiger partial charge in [0.25, 0.3) is 0 Å². The van der Waals surface area contributed by atoms with Crippen LogP contribution in [0.4, 0.5) is 15.2 Å². The predicted molar refractivity (Wildman–Crippen MR) is 77.2 cm³/mol. The topological polar surface area (TPSA) is 41.1 Å². The molecule has 6 heteroatoms. The molecule has 2 rings (SSSR count). The second-order valence-corrected chi connectivity index (χ2v) is 5.09. The molecule has 0 unspecified atom stereocenters. The zero-order valence-corrected chi connectivity index (χ0v) is 11.9. The average molecular weight is 280 g/mol. The fourth-order valence-electron chi connectivity index (χ4n) is 1.76. The first-order valence-corrected chi connectivity index (χ1v) is 7.11. The summed E-state index contributed by atoms with van der Waals surface area (Å²) in [5, 5.41) is 13.1. The van der Waals surface area contributed by atoms with Gasteiger partial charge in [0.1, 0.15) is 10.8 Å². The van der Waals surface area contributed by atoms with Crippen LogP contribution in [0.25, 0.3) is 0 Å². The molecule has 1 aromatic heterocycles. The quantitative estimate of drug-likeness (QED) is 0.882. The van der Waals surface area contributed by atoms with E-state index in [1.54, 1.807) is 6.07 Å². The Morgan fingerprint density at radius 2 is 2.16 bits per heavy atom. The lowest BCUT2D eigenvalue weighted by Crippen LogP contribution is -2.21. The van der Waals surface area contributed by atoms with Crippen LogP contribution in [0.3, 0.4) is 0 Å². The van der Waals surface area contributed by atoms with Crippen molar-refractivity contribution in [1.29, 1.82) is 0 Å². The van der Waals surface area contributed by atoms with Crippen molar-refractivity contribution in [2.24, 2.45) is 0 Å². The number of rotatable bonds is 6. The van der Waals surface area contributed by atoms with Gasteiger partial charge in [0.05, 0.1) is 6.54 Å². The third-order valence-electron chi connectivity index (χ3n) is 2.68. The van der Waals surface area contributed by atoms with Crippen LogP contribution in [-0.2, 0) is 6.54 Å². The van der Waals surface area contributed by atoms with E-state index >= 15 is 0 Å². The van der Waals surface area contributed by atoms with Crippen molar-refractivity contribution in [3.05, 3.63) is 35.1 Å². The highest BCUT2D eigenvalue weighted by molar-refractivity contribution is 7.15. The minimum absolute atomic E-state index is 0.221. The van der Waals surface area contributed by atoms with Gasteiger partial charge >= 0.3 is 0 Å². The Balaban J connectivity index is 2.09. The molecular formula is C13H17FN4S.